The van der Waals surface area contributed by atoms with Gasteiger partial charge < -0.3 is 10.4 Å². The predicted molar refractivity (Wildman–Crippen MR) is 90.7 cm³/mol. The molecule has 1 aliphatic heterocycles. The van der Waals surface area contributed by atoms with Crippen LogP contribution in [-0.2, 0) is 4.79 Å². The van der Waals surface area contributed by atoms with Crippen LogP contribution in [0.5, 0.6) is 0 Å². The number of amides is 1. The summed E-state index contributed by atoms with van der Waals surface area (Å²) < 4.78 is 0. The third-order valence-electron chi connectivity index (χ3n) is 2.03. The Morgan fingerprint density at radius 3 is 1.90 bits per heavy atom. The van der Waals surface area contributed by atoms with Crippen LogP contribution in [-0.4, -0.2) is 41.8 Å². The van der Waals surface area contributed by atoms with E-state index in [4.69, 9.17) is 0 Å². The van der Waals surface area contributed by atoms with Crippen LogP contribution >= 0.6 is 0 Å². The molecule has 0 fully saturated rings. The van der Waals surface area contributed by atoms with Gasteiger partial charge in [0.1, 0.15) is 0 Å². The molecule has 0 bridgehead atoms. The van der Waals surface area contributed by atoms with Gasteiger partial charge in [0, 0.05) is 29.6 Å². The van der Waals surface area contributed by atoms with Gasteiger partial charge in [-0.1, -0.05) is 59.7 Å². The van der Waals surface area contributed by atoms with Crippen molar-refractivity contribution in [2.24, 2.45) is 4.99 Å². The Labute approximate surface area is 146 Å². The van der Waals surface area contributed by atoms with Crippen molar-refractivity contribution in [2.75, 3.05) is 5.32 Å². The number of hydrogen-bond acceptors (Lipinski definition) is 3. The molecule has 4 radical (unpaired) electrons. The van der Waals surface area contributed by atoms with Gasteiger partial charge in [-0.25, -0.2) is 4.99 Å². The molecule has 1 aliphatic rings. The van der Waals surface area contributed by atoms with Gasteiger partial charge in [-0.05, 0) is 18.0 Å². The minimum absolute atomic E-state index is 0. The topological polar surface area (TPSA) is 64.5 Å². The molecule has 1 N–H and O–H groups in total. The summed E-state index contributed by atoms with van der Waals surface area (Å²) in [5.41, 5.74) is 0.829. The number of rotatable bonds is 2. The summed E-state index contributed by atoms with van der Waals surface area (Å²) in [6, 6.07) is 8.81. The number of nitrogens with zero attached hydrogens (tertiary/aromatic N) is 1. The van der Waals surface area contributed by atoms with E-state index >= 15 is 0 Å². The maximum Gasteiger partial charge on any atom is 0.247 e. The van der Waals surface area contributed by atoms with Crippen LogP contribution in [0.15, 0.2) is 35.3 Å². The standard InChI is InChI=1S/C10H10N2O2.3C2H6.Sn/c13-9-6-8(10(14)12-9)11-7-4-2-1-3-5-7;3*1-2;/h1-5,8,11H,6H2,(H,12,13,14);3*1-2H3;/p-1. The van der Waals surface area contributed by atoms with Crippen LogP contribution in [0.3, 0.4) is 0 Å². The molecule has 1 aromatic rings. The molecule has 1 amide bonds. The molecule has 1 unspecified atom stereocenters. The third kappa shape index (κ3) is 10.3. The summed E-state index contributed by atoms with van der Waals surface area (Å²) in [4.78, 5) is 14.2. The van der Waals surface area contributed by atoms with Gasteiger partial charge in [0.25, 0.3) is 0 Å². The van der Waals surface area contributed by atoms with Crippen molar-refractivity contribution in [3.05, 3.63) is 30.3 Å². The third-order valence-corrected chi connectivity index (χ3v) is 2.03. The Balaban J connectivity index is -0.000000414. The Kier molecular flexibility index (Phi) is 20.2. The molecule has 0 saturated carbocycles. The first-order valence-electron chi connectivity index (χ1n) is 7.36. The summed E-state index contributed by atoms with van der Waals surface area (Å²) in [5, 5.41) is 14.1. The second-order valence-electron chi connectivity index (χ2n) is 3.11. The fourth-order valence-electron chi connectivity index (χ4n) is 1.36. The molecule has 118 valence electrons. The summed E-state index contributed by atoms with van der Waals surface area (Å²) in [5.74, 6) is -0.720. The molecule has 2 rings (SSSR count). The summed E-state index contributed by atoms with van der Waals surface area (Å²) >= 11 is 0. The molecule has 1 aromatic carbocycles. The Morgan fingerprint density at radius 2 is 1.52 bits per heavy atom. The van der Waals surface area contributed by atoms with Crippen LogP contribution in [0, 0.1) is 0 Å². The second kappa shape index (κ2) is 17.0. The number of aliphatic imine (C=N–C) groups is 1. The van der Waals surface area contributed by atoms with Crippen LogP contribution in [0.25, 0.3) is 0 Å². The molecule has 1 atom stereocenters. The van der Waals surface area contributed by atoms with E-state index in [2.05, 4.69) is 10.3 Å². The molecule has 0 spiro atoms. The van der Waals surface area contributed by atoms with Crippen molar-refractivity contribution in [1.29, 1.82) is 0 Å². The quantitative estimate of drug-likeness (QED) is 0.780. The zero-order valence-electron chi connectivity index (χ0n) is 13.9. The Bertz CT molecular complexity index is 381. The largest absolute Gasteiger partial charge is 0.860 e. The van der Waals surface area contributed by atoms with Gasteiger partial charge in [-0.3, -0.25) is 4.79 Å². The maximum atomic E-state index is 11.1. The molecule has 0 aromatic heterocycles. The molecule has 5 heteroatoms. The maximum absolute atomic E-state index is 11.1. The molecule has 1 heterocycles. The zero-order valence-corrected chi connectivity index (χ0v) is 16.8. The average molecular weight is 398 g/mol. The zero-order chi connectivity index (χ0) is 16.0. The van der Waals surface area contributed by atoms with E-state index in [1.54, 1.807) is 0 Å². The fraction of sp³-hybridized carbons (Fsp3) is 0.500. The van der Waals surface area contributed by atoms with E-state index in [1.807, 2.05) is 71.9 Å². The van der Waals surface area contributed by atoms with Gasteiger partial charge in [0.05, 0.1) is 12.5 Å². The van der Waals surface area contributed by atoms with Crippen molar-refractivity contribution in [3.8, 4) is 0 Å². The van der Waals surface area contributed by atoms with Crippen molar-refractivity contribution >= 4 is 41.4 Å². The molecule has 0 saturated heterocycles. The van der Waals surface area contributed by atoms with Gasteiger partial charge >= 0.3 is 0 Å². The number of benzene rings is 1. The predicted octanol–water partition coefficient (Wildman–Crippen LogP) is 2.85. The summed E-state index contributed by atoms with van der Waals surface area (Å²) in [6.45, 7) is 12.0. The SMILES string of the molecule is CC.CC.CC.O=C1CC(Nc2ccccc2)C([O-])=N1.[Sn]. The first-order chi connectivity index (χ1) is 9.75. The number of nitrogens with one attached hydrogen (secondary N) is 1. The second-order valence-corrected chi connectivity index (χ2v) is 3.11. The average Bonchev–Trinajstić information content (AvgIpc) is 2.84. The van der Waals surface area contributed by atoms with E-state index in [0.717, 1.165) is 5.69 Å². The van der Waals surface area contributed by atoms with E-state index in [9.17, 15) is 9.90 Å². The molecule has 21 heavy (non-hydrogen) atoms. The molecular weight excluding hydrogens is 371 g/mol. The number of anilines is 1. The van der Waals surface area contributed by atoms with Crippen molar-refractivity contribution in [1.82, 2.24) is 0 Å². The van der Waals surface area contributed by atoms with Crippen molar-refractivity contribution in [3.63, 3.8) is 0 Å². The first-order valence-corrected chi connectivity index (χ1v) is 7.36. The van der Waals surface area contributed by atoms with Crippen LogP contribution in [0.1, 0.15) is 48.0 Å². The molecule has 0 aliphatic carbocycles. The number of carbonyl (C=O) groups excluding carboxylic acids is 1. The molecular formula is C16H27N2O2Sn-. The first kappa shape index (κ1) is 24.9. The van der Waals surface area contributed by atoms with Gasteiger partial charge in [0.15, 0.2) is 0 Å². The van der Waals surface area contributed by atoms with E-state index in [1.165, 1.54) is 0 Å². The summed E-state index contributed by atoms with van der Waals surface area (Å²) in [7, 11) is 0. The molecule has 4 nitrogen and oxygen atoms in total. The van der Waals surface area contributed by atoms with E-state index < -0.39 is 6.04 Å². The Morgan fingerprint density at radius 1 is 1.05 bits per heavy atom. The number of hydrogen-bond donors (Lipinski definition) is 1. The van der Waals surface area contributed by atoms with Crippen LogP contribution in [0.4, 0.5) is 5.69 Å². The monoisotopic (exact) mass is 399 g/mol. The van der Waals surface area contributed by atoms with Crippen LogP contribution < -0.4 is 10.4 Å². The van der Waals surface area contributed by atoms with E-state index in [-0.39, 0.29) is 42.1 Å². The van der Waals surface area contributed by atoms with Gasteiger partial charge in [0.2, 0.25) is 5.91 Å². The van der Waals surface area contributed by atoms with Crippen LogP contribution in [0.2, 0.25) is 0 Å². The number of para-hydroxylation sites is 1. The minimum atomic E-state index is -0.482. The minimum Gasteiger partial charge on any atom is -0.860 e. The van der Waals surface area contributed by atoms with Gasteiger partial charge in [-0.2, -0.15) is 0 Å². The Hall–Kier alpha value is -1.04. The van der Waals surface area contributed by atoms with Crippen molar-refractivity contribution in [2.45, 2.75) is 54.0 Å². The normalized spacial score (nSPS) is 14.7. The fourth-order valence-corrected chi connectivity index (χ4v) is 1.36. The number of carbonyl (C=O) groups is 1. The van der Waals surface area contributed by atoms with Crippen molar-refractivity contribution < 1.29 is 9.90 Å². The van der Waals surface area contributed by atoms with Gasteiger partial charge in [-0.15, -0.1) is 0 Å². The summed E-state index contributed by atoms with van der Waals surface area (Å²) in [6.07, 6.45) is 0.160. The smallest absolute Gasteiger partial charge is 0.247 e. The van der Waals surface area contributed by atoms with E-state index in [0.29, 0.717) is 0 Å².